The summed E-state index contributed by atoms with van der Waals surface area (Å²) in [5, 5.41) is 4.34. The molecule has 3 heterocycles. The smallest absolute Gasteiger partial charge is 0.266 e. The maximum absolute atomic E-state index is 12.6. The van der Waals surface area contributed by atoms with Crippen LogP contribution >= 0.6 is 0 Å². The zero-order chi connectivity index (χ0) is 19.6. The van der Waals surface area contributed by atoms with Gasteiger partial charge in [0.15, 0.2) is 5.03 Å². The van der Waals surface area contributed by atoms with Crippen molar-refractivity contribution in [3.8, 4) is 0 Å². The van der Waals surface area contributed by atoms with E-state index in [0.717, 1.165) is 25.8 Å². The van der Waals surface area contributed by atoms with E-state index in [-0.39, 0.29) is 29.2 Å². The fourth-order valence-corrected chi connectivity index (χ4v) is 4.18. The van der Waals surface area contributed by atoms with E-state index in [0.29, 0.717) is 5.82 Å². The lowest BCUT2D eigenvalue weighted by Gasteiger charge is -2.36. The zero-order valence-corrected chi connectivity index (χ0v) is 16.7. The fraction of sp³-hybridized carbons (Fsp3) is 0.588. The molecule has 0 amide bonds. The number of sulfonamides is 1. The number of hydrogen-bond donors (Lipinski definition) is 1. The molecule has 0 aliphatic carbocycles. The predicted octanol–water partition coefficient (Wildman–Crippen LogP) is 0.895. The van der Waals surface area contributed by atoms with Crippen molar-refractivity contribution in [2.24, 2.45) is 7.05 Å². The Morgan fingerprint density at radius 2 is 2.07 bits per heavy atom. The Hall–Kier alpha value is -2.20. The van der Waals surface area contributed by atoms with Crippen LogP contribution in [0.15, 0.2) is 34.5 Å². The lowest BCUT2D eigenvalue weighted by Crippen LogP contribution is -2.47. The third-order valence-corrected chi connectivity index (χ3v) is 6.13. The van der Waals surface area contributed by atoms with Gasteiger partial charge in [-0.2, -0.15) is 5.10 Å². The number of imidazole rings is 1. The highest BCUT2D eigenvalue weighted by molar-refractivity contribution is 7.89. The summed E-state index contributed by atoms with van der Waals surface area (Å²) in [7, 11) is -2.07. The first kappa shape index (κ1) is 19.6. The topological polar surface area (TPSA) is 102 Å². The van der Waals surface area contributed by atoms with E-state index < -0.39 is 10.0 Å². The molecule has 148 valence electrons. The summed E-state index contributed by atoms with van der Waals surface area (Å²) in [5.74, 6) is 0.685. The standard InChI is InChI=1S/C17H26N6O3S/c1-13(2)22-11-16(18-12-22)27(25,26)19-10-14-6-4-5-9-23(14)15-7-8-17(24)21(3)20-15/h7-8,11-14,19H,4-6,9-10H2,1-3H3. The molecular weight excluding hydrogens is 368 g/mol. The number of aromatic nitrogens is 4. The van der Waals surface area contributed by atoms with Crippen molar-refractivity contribution in [1.82, 2.24) is 24.1 Å². The highest BCUT2D eigenvalue weighted by atomic mass is 32.2. The molecule has 1 atom stereocenters. The Kier molecular flexibility index (Phi) is 5.66. The number of nitrogens with zero attached hydrogens (tertiary/aromatic N) is 5. The molecule has 0 saturated carbocycles. The monoisotopic (exact) mass is 394 g/mol. The molecule has 2 aromatic heterocycles. The van der Waals surface area contributed by atoms with E-state index in [2.05, 4.69) is 19.7 Å². The first-order valence-electron chi connectivity index (χ1n) is 9.12. The average Bonchev–Trinajstić information content (AvgIpc) is 3.14. The van der Waals surface area contributed by atoms with Crippen LogP contribution in [-0.2, 0) is 17.1 Å². The van der Waals surface area contributed by atoms with E-state index in [1.807, 2.05) is 13.8 Å². The van der Waals surface area contributed by atoms with Gasteiger partial charge in [0.05, 0.1) is 6.33 Å². The number of anilines is 1. The molecule has 1 saturated heterocycles. The number of piperidine rings is 1. The van der Waals surface area contributed by atoms with Crippen LogP contribution in [0.1, 0.15) is 39.2 Å². The van der Waals surface area contributed by atoms with Gasteiger partial charge < -0.3 is 9.47 Å². The van der Waals surface area contributed by atoms with E-state index in [1.165, 1.54) is 17.1 Å². The highest BCUT2D eigenvalue weighted by Crippen LogP contribution is 2.22. The highest BCUT2D eigenvalue weighted by Gasteiger charge is 2.27. The SMILES string of the molecule is CC(C)n1cnc(S(=O)(=O)NCC2CCCCN2c2ccc(=O)n(C)n2)c1. The van der Waals surface area contributed by atoms with Gasteiger partial charge in [0.25, 0.3) is 15.6 Å². The van der Waals surface area contributed by atoms with Crippen LogP contribution in [-0.4, -0.2) is 46.9 Å². The maximum Gasteiger partial charge on any atom is 0.266 e. The largest absolute Gasteiger partial charge is 0.351 e. The van der Waals surface area contributed by atoms with Gasteiger partial charge in [-0.15, -0.1) is 0 Å². The summed E-state index contributed by atoms with van der Waals surface area (Å²) >= 11 is 0. The number of rotatable bonds is 6. The molecule has 9 nitrogen and oxygen atoms in total. The molecule has 1 aliphatic heterocycles. The normalized spacial score (nSPS) is 18.2. The van der Waals surface area contributed by atoms with Crippen LogP contribution in [0.5, 0.6) is 0 Å². The summed E-state index contributed by atoms with van der Waals surface area (Å²) in [6, 6.07) is 3.30. The molecule has 0 bridgehead atoms. The average molecular weight is 395 g/mol. The van der Waals surface area contributed by atoms with E-state index in [4.69, 9.17) is 0 Å². The first-order valence-corrected chi connectivity index (χ1v) is 10.6. The maximum atomic E-state index is 12.6. The molecule has 1 N–H and O–H groups in total. The third kappa shape index (κ3) is 4.38. The van der Waals surface area contributed by atoms with Crippen molar-refractivity contribution in [2.75, 3.05) is 18.0 Å². The molecule has 1 aliphatic rings. The van der Waals surface area contributed by atoms with Gasteiger partial charge >= 0.3 is 0 Å². The Balaban J connectivity index is 1.74. The predicted molar refractivity (Wildman–Crippen MR) is 102 cm³/mol. The molecule has 2 aromatic rings. The van der Waals surface area contributed by atoms with Crippen molar-refractivity contribution in [3.63, 3.8) is 0 Å². The Bertz CT molecular complexity index is 950. The van der Waals surface area contributed by atoms with Crippen molar-refractivity contribution in [3.05, 3.63) is 35.0 Å². The van der Waals surface area contributed by atoms with Gasteiger partial charge in [-0.25, -0.2) is 22.8 Å². The van der Waals surface area contributed by atoms with Crippen molar-refractivity contribution in [2.45, 2.75) is 50.2 Å². The first-order chi connectivity index (χ1) is 12.8. The molecule has 1 fully saturated rings. The van der Waals surface area contributed by atoms with Gasteiger partial charge in [-0.1, -0.05) is 0 Å². The summed E-state index contributed by atoms with van der Waals surface area (Å²) in [5.41, 5.74) is -0.172. The van der Waals surface area contributed by atoms with Crippen molar-refractivity contribution >= 4 is 15.8 Å². The van der Waals surface area contributed by atoms with Gasteiger partial charge in [-0.3, -0.25) is 4.79 Å². The second-order valence-electron chi connectivity index (χ2n) is 7.10. The van der Waals surface area contributed by atoms with Gasteiger partial charge in [0.2, 0.25) is 0 Å². The van der Waals surface area contributed by atoms with Crippen LogP contribution in [0.3, 0.4) is 0 Å². The second-order valence-corrected chi connectivity index (χ2v) is 8.81. The summed E-state index contributed by atoms with van der Waals surface area (Å²) in [4.78, 5) is 17.7. The Morgan fingerprint density at radius 1 is 1.30 bits per heavy atom. The van der Waals surface area contributed by atoms with Gasteiger partial charge in [-0.05, 0) is 39.2 Å². The molecule has 3 rings (SSSR count). The van der Waals surface area contributed by atoms with Crippen LogP contribution in [0.25, 0.3) is 0 Å². The Morgan fingerprint density at radius 3 is 2.74 bits per heavy atom. The van der Waals surface area contributed by atoms with E-state index in [9.17, 15) is 13.2 Å². The lowest BCUT2D eigenvalue weighted by molar-refractivity contribution is 0.446. The van der Waals surface area contributed by atoms with Crippen LogP contribution in [0.4, 0.5) is 5.82 Å². The van der Waals surface area contributed by atoms with Crippen LogP contribution in [0.2, 0.25) is 0 Å². The molecule has 10 heteroatoms. The minimum Gasteiger partial charge on any atom is -0.351 e. The molecule has 1 unspecified atom stereocenters. The number of nitrogens with one attached hydrogen (secondary N) is 1. The van der Waals surface area contributed by atoms with Crippen LogP contribution in [0, 0.1) is 0 Å². The summed E-state index contributed by atoms with van der Waals surface area (Å²) in [6.45, 7) is 4.97. The Labute approximate surface area is 159 Å². The number of hydrogen-bond acceptors (Lipinski definition) is 6. The third-order valence-electron chi connectivity index (χ3n) is 4.83. The van der Waals surface area contributed by atoms with Crippen molar-refractivity contribution < 1.29 is 8.42 Å². The van der Waals surface area contributed by atoms with E-state index >= 15 is 0 Å². The van der Waals surface area contributed by atoms with Crippen LogP contribution < -0.4 is 15.2 Å². The summed E-state index contributed by atoms with van der Waals surface area (Å²) in [6.07, 6.45) is 5.96. The number of aryl methyl sites for hydroxylation is 1. The van der Waals surface area contributed by atoms with Gasteiger partial charge in [0, 0.05) is 44.5 Å². The molecular formula is C17H26N6O3S. The minimum atomic E-state index is -3.68. The zero-order valence-electron chi connectivity index (χ0n) is 15.9. The van der Waals surface area contributed by atoms with E-state index in [1.54, 1.807) is 23.9 Å². The quantitative estimate of drug-likeness (QED) is 0.781. The van der Waals surface area contributed by atoms with Gasteiger partial charge in [0.1, 0.15) is 5.82 Å². The van der Waals surface area contributed by atoms with Crippen molar-refractivity contribution in [1.29, 1.82) is 0 Å². The lowest BCUT2D eigenvalue weighted by atomic mass is 10.0. The fourth-order valence-electron chi connectivity index (χ4n) is 3.18. The summed E-state index contributed by atoms with van der Waals surface area (Å²) < 4.78 is 30.9. The minimum absolute atomic E-state index is 0.0225. The molecule has 0 radical (unpaired) electrons. The second kappa shape index (κ2) is 7.81. The molecule has 27 heavy (non-hydrogen) atoms. The molecule has 0 aromatic carbocycles. The molecule has 0 spiro atoms.